The Bertz CT molecular complexity index is 945. The number of H-pyrrole nitrogens is 1. The van der Waals surface area contributed by atoms with Crippen LogP contribution in [0.2, 0.25) is 0 Å². The van der Waals surface area contributed by atoms with Gasteiger partial charge in [-0.05, 0) is 57.9 Å². The van der Waals surface area contributed by atoms with Gasteiger partial charge in [-0.25, -0.2) is 4.79 Å². The average Bonchev–Trinajstić information content (AvgIpc) is 3.42. The van der Waals surface area contributed by atoms with E-state index in [0.29, 0.717) is 36.6 Å². The van der Waals surface area contributed by atoms with Gasteiger partial charge in [0, 0.05) is 42.6 Å². The van der Waals surface area contributed by atoms with Crippen LogP contribution in [-0.2, 0) is 6.18 Å². The lowest BCUT2D eigenvalue weighted by atomic mass is 10.1. The third-order valence-electron chi connectivity index (χ3n) is 6.03. The Hall–Kier alpha value is -2.75. The molecule has 0 radical (unpaired) electrons. The number of amides is 1. The molecule has 2 aliphatic rings. The molecule has 7 nitrogen and oxygen atoms in total. The van der Waals surface area contributed by atoms with Gasteiger partial charge >= 0.3 is 12.3 Å². The van der Waals surface area contributed by atoms with Gasteiger partial charge in [-0.3, -0.25) is 15.3 Å². The molecule has 2 N–H and O–H groups in total. The summed E-state index contributed by atoms with van der Waals surface area (Å²) in [6.45, 7) is 6.38. The number of aromatic nitrogens is 2. The van der Waals surface area contributed by atoms with Crippen LogP contribution in [0.15, 0.2) is 24.3 Å². The van der Waals surface area contributed by atoms with Crippen LogP contribution in [0.25, 0.3) is 0 Å². The van der Waals surface area contributed by atoms with E-state index < -0.39 is 17.8 Å². The lowest BCUT2D eigenvalue weighted by Gasteiger charge is -2.29. The standard InChI is InChI=1S/C21H26F3N5O2/c1-13-10-19(27-26-13)31-20(30)25-18-6-5-15(11-17(18)21(22,23)24)28-9-7-16(12-28)29-8-3-4-14(29)2/h5-6,10-11,14,16H,3-4,7-9,12H2,1-2H3,(H,25,30)(H,26,27). The number of nitrogens with one attached hydrogen (secondary N) is 2. The van der Waals surface area contributed by atoms with Crippen LogP contribution in [0.5, 0.6) is 5.88 Å². The smallest absolute Gasteiger partial charge is 0.389 e. The molecular weight excluding hydrogens is 411 g/mol. The van der Waals surface area contributed by atoms with Crippen LogP contribution in [0.3, 0.4) is 0 Å². The number of hydrogen-bond acceptors (Lipinski definition) is 5. The van der Waals surface area contributed by atoms with Crippen molar-refractivity contribution >= 4 is 17.5 Å². The number of rotatable bonds is 4. The van der Waals surface area contributed by atoms with E-state index in [1.165, 1.54) is 25.0 Å². The van der Waals surface area contributed by atoms with E-state index in [2.05, 4.69) is 27.3 Å². The van der Waals surface area contributed by atoms with Gasteiger partial charge in [-0.1, -0.05) is 0 Å². The SMILES string of the molecule is Cc1cc(OC(=O)Nc2ccc(N3CCC(N4CCCC4C)C3)cc2C(F)(F)F)n[nH]1. The highest BCUT2D eigenvalue weighted by atomic mass is 19.4. The summed E-state index contributed by atoms with van der Waals surface area (Å²) in [7, 11) is 0. The predicted molar refractivity (Wildman–Crippen MR) is 110 cm³/mol. The molecule has 31 heavy (non-hydrogen) atoms. The number of alkyl halides is 3. The Morgan fingerprint density at radius 3 is 2.71 bits per heavy atom. The maximum Gasteiger partial charge on any atom is 0.418 e. The molecule has 2 saturated heterocycles. The lowest BCUT2D eigenvalue weighted by molar-refractivity contribution is -0.136. The minimum Gasteiger partial charge on any atom is -0.389 e. The Kier molecular flexibility index (Phi) is 5.83. The molecule has 3 heterocycles. The van der Waals surface area contributed by atoms with E-state index in [1.54, 1.807) is 13.0 Å². The summed E-state index contributed by atoms with van der Waals surface area (Å²) in [5, 5.41) is 8.52. The van der Waals surface area contributed by atoms with Crippen molar-refractivity contribution in [2.45, 2.75) is 51.4 Å². The number of nitrogens with zero attached hydrogens (tertiary/aromatic N) is 3. The van der Waals surface area contributed by atoms with Crippen molar-refractivity contribution in [3.8, 4) is 5.88 Å². The maximum atomic E-state index is 13.7. The van der Waals surface area contributed by atoms with Gasteiger partial charge in [-0.2, -0.15) is 13.2 Å². The van der Waals surface area contributed by atoms with Gasteiger partial charge < -0.3 is 9.64 Å². The van der Waals surface area contributed by atoms with Crippen molar-refractivity contribution < 1.29 is 22.7 Å². The number of aromatic amines is 1. The van der Waals surface area contributed by atoms with E-state index >= 15 is 0 Å². The molecule has 2 fully saturated rings. The Morgan fingerprint density at radius 2 is 2.06 bits per heavy atom. The lowest BCUT2D eigenvalue weighted by Crippen LogP contribution is -2.39. The van der Waals surface area contributed by atoms with Crippen molar-refractivity contribution in [2.75, 3.05) is 29.9 Å². The van der Waals surface area contributed by atoms with Gasteiger partial charge in [0.2, 0.25) is 5.88 Å². The van der Waals surface area contributed by atoms with E-state index in [0.717, 1.165) is 19.0 Å². The number of hydrogen-bond donors (Lipinski definition) is 2. The number of benzene rings is 1. The number of carbonyl (C=O) groups is 1. The summed E-state index contributed by atoms with van der Waals surface area (Å²) in [6.07, 6.45) is -2.38. The first kappa shape index (κ1) is 21.5. The summed E-state index contributed by atoms with van der Waals surface area (Å²) < 4.78 is 46.1. The van der Waals surface area contributed by atoms with E-state index in [1.807, 2.05) is 4.90 Å². The fourth-order valence-corrected chi connectivity index (χ4v) is 4.49. The minimum atomic E-state index is -4.62. The third kappa shape index (κ3) is 4.79. The molecule has 1 amide bonds. The van der Waals surface area contributed by atoms with Gasteiger partial charge in [0.25, 0.3) is 0 Å². The van der Waals surface area contributed by atoms with Crippen LogP contribution in [0, 0.1) is 6.92 Å². The average molecular weight is 437 g/mol. The molecule has 2 aromatic rings. The fraction of sp³-hybridized carbons (Fsp3) is 0.524. The third-order valence-corrected chi connectivity index (χ3v) is 6.03. The van der Waals surface area contributed by atoms with Crippen LogP contribution in [-0.4, -0.2) is 52.9 Å². The molecule has 168 valence electrons. The molecular formula is C21H26F3N5O2. The zero-order valence-electron chi connectivity index (χ0n) is 17.5. The minimum absolute atomic E-state index is 0.0144. The van der Waals surface area contributed by atoms with Crippen LogP contribution < -0.4 is 15.0 Å². The highest BCUT2D eigenvalue weighted by molar-refractivity contribution is 5.87. The van der Waals surface area contributed by atoms with Crippen LogP contribution >= 0.6 is 0 Å². The van der Waals surface area contributed by atoms with Crippen LogP contribution in [0.1, 0.15) is 37.4 Å². The molecule has 0 spiro atoms. The number of likely N-dealkylation sites (tertiary alicyclic amines) is 1. The number of ether oxygens (including phenoxy) is 1. The van der Waals surface area contributed by atoms with Crippen molar-refractivity contribution in [1.29, 1.82) is 0 Å². The van der Waals surface area contributed by atoms with Crippen LogP contribution in [0.4, 0.5) is 29.3 Å². The summed E-state index contributed by atoms with van der Waals surface area (Å²) in [5.41, 5.74) is -0.0885. The van der Waals surface area contributed by atoms with E-state index in [9.17, 15) is 18.0 Å². The summed E-state index contributed by atoms with van der Waals surface area (Å²) >= 11 is 0. The first-order chi connectivity index (χ1) is 14.7. The van der Waals surface area contributed by atoms with Gasteiger partial charge in [0.15, 0.2) is 0 Å². The summed E-state index contributed by atoms with van der Waals surface area (Å²) in [4.78, 5) is 16.5. The normalized spacial score (nSPS) is 22.2. The predicted octanol–water partition coefficient (Wildman–Crippen LogP) is 4.41. The van der Waals surface area contributed by atoms with E-state index in [-0.39, 0.29) is 11.6 Å². The second-order valence-electron chi connectivity index (χ2n) is 8.25. The molecule has 1 aromatic carbocycles. The molecule has 2 unspecified atom stereocenters. The number of anilines is 2. The summed E-state index contributed by atoms with van der Waals surface area (Å²) in [5.74, 6) is -0.0144. The number of aryl methyl sites for hydroxylation is 1. The highest BCUT2D eigenvalue weighted by Gasteiger charge is 2.37. The van der Waals surface area contributed by atoms with Crippen molar-refractivity contribution in [3.05, 3.63) is 35.5 Å². The van der Waals surface area contributed by atoms with Crippen molar-refractivity contribution in [1.82, 2.24) is 15.1 Å². The molecule has 1 aromatic heterocycles. The second kappa shape index (κ2) is 8.41. The molecule has 2 atom stereocenters. The number of carbonyl (C=O) groups excluding carboxylic acids is 1. The topological polar surface area (TPSA) is 73.5 Å². The first-order valence-electron chi connectivity index (χ1n) is 10.4. The molecule has 0 bridgehead atoms. The molecule has 4 rings (SSSR count). The highest BCUT2D eigenvalue weighted by Crippen LogP contribution is 2.38. The molecule has 2 aliphatic heterocycles. The summed E-state index contributed by atoms with van der Waals surface area (Å²) in [6, 6.07) is 6.34. The maximum absolute atomic E-state index is 13.7. The fourth-order valence-electron chi connectivity index (χ4n) is 4.49. The number of halogens is 3. The Balaban J connectivity index is 1.49. The Labute approximate surface area is 178 Å². The largest absolute Gasteiger partial charge is 0.418 e. The van der Waals surface area contributed by atoms with Gasteiger partial charge in [-0.15, -0.1) is 5.10 Å². The monoisotopic (exact) mass is 437 g/mol. The zero-order valence-corrected chi connectivity index (χ0v) is 17.5. The van der Waals surface area contributed by atoms with Gasteiger partial charge in [0.05, 0.1) is 11.3 Å². The molecule has 0 aliphatic carbocycles. The molecule has 0 saturated carbocycles. The second-order valence-corrected chi connectivity index (χ2v) is 8.25. The van der Waals surface area contributed by atoms with Crippen molar-refractivity contribution in [3.63, 3.8) is 0 Å². The quantitative estimate of drug-likeness (QED) is 0.741. The molecule has 10 heteroatoms. The van der Waals surface area contributed by atoms with E-state index in [4.69, 9.17) is 4.74 Å². The zero-order chi connectivity index (χ0) is 22.2. The Morgan fingerprint density at radius 1 is 1.26 bits per heavy atom. The first-order valence-corrected chi connectivity index (χ1v) is 10.4. The van der Waals surface area contributed by atoms with Gasteiger partial charge in [0.1, 0.15) is 0 Å². The van der Waals surface area contributed by atoms with Crippen molar-refractivity contribution in [2.24, 2.45) is 0 Å².